The van der Waals surface area contributed by atoms with Crippen molar-refractivity contribution in [1.82, 2.24) is 0 Å². The van der Waals surface area contributed by atoms with Gasteiger partial charge in [-0.1, -0.05) is 31.5 Å². The van der Waals surface area contributed by atoms with E-state index in [0.29, 0.717) is 5.56 Å². The third-order valence-electron chi connectivity index (χ3n) is 3.11. The molecule has 0 aliphatic carbocycles. The molecule has 0 atom stereocenters. The summed E-state index contributed by atoms with van der Waals surface area (Å²) in [7, 11) is 0. The largest absolute Gasteiger partial charge is 0.481 e. The standard InChI is InChI=1S/C15H20O3/c1-9-6-10(2)13(11(3)7-9)14(18)15(4,5)8-12(16)17/h6-7H,8H2,1-5H3,(H,16,17). The molecule has 0 spiro atoms. The molecule has 3 nitrogen and oxygen atoms in total. The van der Waals surface area contributed by atoms with Crippen LogP contribution in [0.15, 0.2) is 12.1 Å². The average Bonchev–Trinajstić information content (AvgIpc) is 2.13. The van der Waals surface area contributed by atoms with Gasteiger partial charge in [-0.25, -0.2) is 0 Å². The number of carbonyl (C=O) groups is 2. The number of Topliss-reactive ketones (excluding diaryl/α,β-unsaturated/α-hetero) is 1. The molecule has 0 heterocycles. The van der Waals surface area contributed by atoms with Crippen LogP contribution in [0.3, 0.4) is 0 Å². The Morgan fingerprint density at radius 2 is 1.56 bits per heavy atom. The SMILES string of the molecule is Cc1cc(C)c(C(=O)C(C)(C)CC(=O)O)c(C)c1. The maximum atomic E-state index is 12.5. The molecule has 0 radical (unpaired) electrons. The van der Waals surface area contributed by atoms with Gasteiger partial charge >= 0.3 is 5.97 Å². The van der Waals surface area contributed by atoms with E-state index < -0.39 is 11.4 Å². The second-order valence-corrected chi connectivity index (χ2v) is 5.56. The van der Waals surface area contributed by atoms with Crippen molar-refractivity contribution in [2.45, 2.75) is 41.0 Å². The Kier molecular flexibility index (Phi) is 3.95. The summed E-state index contributed by atoms with van der Waals surface area (Å²) in [6.45, 7) is 9.13. The fourth-order valence-electron chi connectivity index (χ4n) is 2.33. The summed E-state index contributed by atoms with van der Waals surface area (Å²) in [5.74, 6) is -1.05. The van der Waals surface area contributed by atoms with Crippen LogP contribution in [0.1, 0.15) is 47.3 Å². The fraction of sp³-hybridized carbons (Fsp3) is 0.467. The minimum Gasteiger partial charge on any atom is -0.481 e. The summed E-state index contributed by atoms with van der Waals surface area (Å²) in [6.07, 6.45) is -0.154. The third-order valence-corrected chi connectivity index (χ3v) is 3.11. The number of aryl methyl sites for hydroxylation is 3. The molecule has 1 aromatic rings. The Balaban J connectivity index is 3.23. The number of ketones is 1. The van der Waals surface area contributed by atoms with Gasteiger partial charge in [-0.15, -0.1) is 0 Å². The first-order chi connectivity index (χ1) is 8.15. The van der Waals surface area contributed by atoms with Crippen molar-refractivity contribution in [3.8, 4) is 0 Å². The molecule has 98 valence electrons. The first kappa shape index (κ1) is 14.4. The van der Waals surface area contributed by atoms with Crippen molar-refractivity contribution in [1.29, 1.82) is 0 Å². The number of carbonyl (C=O) groups excluding carboxylic acids is 1. The quantitative estimate of drug-likeness (QED) is 0.832. The smallest absolute Gasteiger partial charge is 0.304 e. The van der Waals surface area contributed by atoms with E-state index in [9.17, 15) is 9.59 Å². The van der Waals surface area contributed by atoms with Crippen molar-refractivity contribution in [2.75, 3.05) is 0 Å². The zero-order valence-electron chi connectivity index (χ0n) is 11.6. The van der Waals surface area contributed by atoms with Gasteiger partial charge < -0.3 is 5.11 Å². The van der Waals surface area contributed by atoms with Crippen molar-refractivity contribution in [3.63, 3.8) is 0 Å². The van der Waals surface area contributed by atoms with Crippen LogP contribution >= 0.6 is 0 Å². The monoisotopic (exact) mass is 248 g/mol. The maximum absolute atomic E-state index is 12.5. The Morgan fingerprint density at radius 3 is 1.94 bits per heavy atom. The van der Waals surface area contributed by atoms with Gasteiger partial charge in [0.2, 0.25) is 0 Å². The molecule has 0 amide bonds. The van der Waals surface area contributed by atoms with Crippen LogP contribution in [0.5, 0.6) is 0 Å². The zero-order chi connectivity index (χ0) is 14.1. The lowest BCUT2D eigenvalue weighted by molar-refractivity contribution is -0.138. The van der Waals surface area contributed by atoms with Crippen molar-refractivity contribution < 1.29 is 14.7 Å². The van der Waals surface area contributed by atoms with Crippen LogP contribution in [0.25, 0.3) is 0 Å². The molecule has 0 aliphatic rings. The molecule has 0 saturated carbocycles. The molecule has 1 aromatic carbocycles. The summed E-state index contributed by atoms with van der Waals surface area (Å²) < 4.78 is 0. The Hall–Kier alpha value is -1.64. The molecule has 0 aromatic heterocycles. The molecule has 0 unspecified atom stereocenters. The first-order valence-electron chi connectivity index (χ1n) is 5.99. The number of hydrogen-bond acceptors (Lipinski definition) is 2. The van der Waals surface area contributed by atoms with E-state index in [0.717, 1.165) is 16.7 Å². The van der Waals surface area contributed by atoms with Crippen LogP contribution < -0.4 is 0 Å². The van der Waals surface area contributed by atoms with Crippen LogP contribution in [0, 0.1) is 26.2 Å². The van der Waals surface area contributed by atoms with Gasteiger partial charge in [0.05, 0.1) is 6.42 Å². The Labute approximate surface area is 108 Å². The number of carboxylic acids is 1. The number of aliphatic carboxylic acids is 1. The molecule has 18 heavy (non-hydrogen) atoms. The lowest BCUT2D eigenvalue weighted by Crippen LogP contribution is -2.28. The Bertz CT molecular complexity index is 475. The van der Waals surface area contributed by atoms with Gasteiger partial charge in [0, 0.05) is 11.0 Å². The molecule has 3 heteroatoms. The fourth-order valence-corrected chi connectivity index (χ4v) is 2.33. The molecule has 0 fully saturated rings. The summed E-state index contributed by atoms with van der Waals surface area (Å²) in [6, 6.07) is 3.91. The molecule has 0 aliphatic heterocycles. The molecule has 0 bridgehead atoms. The van der Waals surface area contributed by atoms with E-state index in [1.54, 1.807) is 13.8 Å². The van der Waals surface area contributed by atoms with Gasteiger partial charge in [-0.2, -0.15) is 0 Å². The highest BCUT2D eigenvalue weighted by atomic mass is 16.4. The molecular formula is C15H20O3. The lowest BCUT2D eigenvalue weighted by Gasteiger charge is -2.23. The van der Waals surface area contributed by atoms with Crippen molar-refractivity contribution in [2.24, 2.45) is 5.41 Å². The van der Waals surface area contributed by atoms with Crippen LogP contribution in [0.4, 0.5) is 0 Å². The van der Waals surface area contributed by atoms with Crippen molar-refractivity contribution in [3.05, 3.63) is 34.4 Å². The summed E-state index contributed by atoms with van der Waals surface area (Å²) in [4.78, 5) is 23.3. The van der Waals surface area contributed by atoms with Gasteiger partial charge in [0.1, 0.15) is 0 Å². The van der Waals surface area contributed by atoms with E-state index in [1.807, 2.05) is 32.9 Å². The normalized spacial score (nSPS) is 11.4. The van der Waals surface area contributed by atoms with Crippen LogP contribution in [-0.4, -0.2) is 16.9 Å². The van der Waals surface area contributed by atoms with Gasteiger partial charge in [0.25, 0.3) is 0 Å². The highest BCUT2D eigenvalue weighted by Gasteiger charge is 2.32. The summed E-state index contributed by atoms with van der Waals surface area (Å²) in [5, 5.41) is 8.88. The number of rotatable bonds is 4. The lowest BCUT2D eigenvalue weighted by atomic mass is 9.78. The molecular weight excluding hydrogens is 228 g/mol. The minimum absolute atomic E-state index is 0.0973. The number of hydrogen-bond donors (Lipinski definition) is 1. The second kappa shape index (κ2) is 4.92. The van der Waals surface area contributed by atoms with Gasteiger partial charge in [-0.05, 0) is 31.9 Å². The topological polar surface area (TPSA) is 54.4 Å². The van der Waals surface area contributed by atoms with Crippen LogP contribution in [-0.2, 0) is 4.79 Å². The van der Waals surface area contributed by atoms with Gasteiger partial charge in [0.15, 0.2) is 5.78 Å². The predicted octanol–water partition coefficient (Wildman–Crippen LogP) is 3.30. The van der Waals surface area contributed by atoms with E-state index in [-0.39, 0.29) is 12.2 Å². The van der Waals surface area contributed by atoms with Gasteiger partial charge in [-0.3, -0.25) is 9.59 Å². The maximum Gasteiger partial charge on any atom is 0.304 e. The highest BCUT2D eigenvalue weighted by molar-refractivity contribution is 6.03. The summed E-state index contributed by atoms with van der Waals surface area (Å²) >= 11 is 0. The highest BCUT2D eigenvalue weighted by Crippen LogP contribution is 2.29. The zero-order valence-corrected chi connectivity index (χ0v) is 11.6. The molecule has 1 N–H and O–H groups in total. The Morgan fingerprint density at radius 1 is 1.11 bits per heavy atom. The first-order valence-corrected chi connectivity index (χ1v) is 5.99. The summed E-state index contributed by atoms with van der Waals surface area (Å²) in [5.41, 5.74) is 2.72. The van der Waals surface area contributed by atoms with E-state index in [1.165, 1.54) is 0 Å². The van der Waals surface area contributed by atoms with Crippen molar-refractivity contribution >= 4 is 11.8 Å². The number of benzene rings is 1. The third kappa shape index (κ3) is 2.97. The average molecular weight is 248 g/mol. The number of carboxylic acid groups (broad SMARTS) is 1. The van der Waals surface area contributed by atoms with E-state index >= 15 is 0 Å². The van der Waals surface area contributed by atoms with E-state index in [4.69, 9.17) is 5.11 Å². The minimum atomic E-state index is -0.948. The van der Waals surface area contributed by atoms with Crippen LogP contribution in [0.2, 0.25) is 0 Å². The molecule has 0 saturated heterocycles. The molecule has 1 rings (SSSR count). The second-order valence-electron chi connectivity index (χ2n) is 5.56. The van der Waals surface area contributed by atoms with E-state index in [2.05, 4.69) is 0 Å². The predicted molar refractivity (Wildman–Crippen MR) is 71.0 cm³/mol.